The smallest absolute Gasteiger partial charge is 0.230 e. The molecule has 0 atom stereocenters. The van der Waals surface area contributed by atoms with Crippen LogP contribution in [0.2, 0.25) is 0 Å². The Morgan fingerprint density at radius 2 is 1.93 bits per heavy atom. The maximum absolute atomic E-state index is 13.3. The van der Waals surface area contributed by atoms with E-state index in [1.165, 1.54) is 29.0 Å². The summed E-state index contributed by atoms with van der Waals surface area (Å²) in [6, 6.07) is 14.4. The lowest BCUT2D eigenvalue weighted by Gasteiger charge is -2.32. The van der Waals surface area contributed by atoms with Crippen molar-refractivity contribution in [1.82, 2.24) is 14.8 Å². The number of carbonyl (C=O) groups excluding carboxylic acids is 1. The van der Waals surface area contributed by atoms with Gasteiger partial charge in [-0.05, 0) is 36.9 Å². The Morgan fingerprint density at radius 1 is 1.13 bits per heavy atom. The lowest BCUT2D eigenvalue weighted by molar-refractivity contribution is -0.115. The normalized spacial score (nSPS) is 15.3. The first-order chi connectivity index (χ1) is 14.5. The number of halogens is 1. The van der Waals surface area contributed by atoms with E-state index in [2.05, 4.69) is 51.4 Å². The van der Waals surface area contributed by atoms with Gasteiger partial charge < -0.3 is 10.2 Å². The predicted octanol–water partition coefficient (Wildman–Crippen LogP) is 3.88. The van der Waals surface area contributed by atoms with Crippen molar-refractivity contribution in [2.45, 2.75) is 13.0 Å². The Kier molecular flexibility index (Phi) is 6.52. The van der Waals surface area contributed by atoms with Crippen LogP contribution in [0.4, 0.5) is 10.1 Å². The summed E-state index contributed by atoms with van der Waals surface area (Å²) in [6.07, 6.45) is 0.161. The first kappa shape index (κ1) is 20.7. The van der Waals surface area contributed by atoms with Crippen LogP contribution in [0.5, 0.6) is 0 Å². The maximum Gasteiger partial charge on any atom is 0.230 e. The van der Waals surface area contributed by atoms with E-state index in [0.29, 0.717) is 11.4 Å². The van der Waals surface area contributed by atoms with E-state index < -0.39 is 0 Å². The third kappa shape index (κ3) is 5.50. The third-order valence-electron chi connectivity index (χ3n) is 5.18. The highest BCUT2D eigenvalue weighted by atomic mass is 32.1. The van der Waals surface area contributed by atoms with E-state index >= 15 is 0 Å². The van der Waals surface area contributed by atoms with Gasteiger partial charge in [0.15, 0.2) is 0 Å². The zero-order valence-corrected chi connectivity index (χ0v) is 17.8. The van der Waals surface area contributed by atoms with Crippen molar-refractivity contribution < 1.29 is 9.18 Å². The predicted molar refractivity (Wildman–Crippen MR) is 119 cm³/mol. The lowest BCUT2D eigenvalue weighted by Crippen LogP contribution is -2.43. The Hall–Kier alpha value is -2.61. The van der Waals surface area contributed by atoms with E-state index in [-0.39, 0.29) is 18.1 Å². The number of hydrogen-bond donors (Lipinski definition) is 1. The molecule has 1 fully saturated rings. The van der Waals surface area contributed by atoms with E-state index in [0.717, 1.165) is 43.3 Å². The standard InChI is InChI=1S/C23H25FN4OS/c1-27-8-10-28(11-9-27)15-17-4-2-5-18(12-17)23-26-21(16-30-23)14-22(29)25-20-7-3-6-19(24)13-20/h2-7,12-13,16H,8-11,14-15H2,1H3,(H,25,29). The number of amides is 1. The zero-order chi connectivity index (χ0) is 20.9. The number of anilines is 1. The minimum Gasteiger partial charge on any atom is -0.326 e. The van der Waals surface area contributed by atoms with Crippen molar-refractivity contribution in [1.29, 1.82) is 0 Å². The monoisotopic (exact) mass is 424 g/mol. The van der Waals surface area contributed by atoms with Crippen LogP contribution >= 0.6 is 11.3 Å². The van der Waals surface area contributed by atoms with Gasteiger partial charge in [-0.25, -0.2) is 9.37 Å². The number of benzene rings is 2. The SMILES string of the molecule is CN1CCN(Cc2cccc(-c3nc(CC(=O)Nc4cccc(F)c4)cs3)c2)CC1. The number of nitrogens with one attached hydrogen (secondary N) is 1. The Morgan fingerprint density at radius 3 is 2.73 bits per heavy atom. The maximum atomic E-state index is 13.3. The van der Waals surface area contributed by atoms with Crippen LogP contribution in [0, 0.1) is 5.82 Å². The fourth-order valence-corrected chi connectivity index (χ4v) is 4.34. The second kappa shape index (κ2) is 9.47. The molecule has 2 heterocycles. The highest BCUT2D eigenvalue weighted by molar-refractivity contribution is 7.13. The molecule has 1 aliphatic rings. The molecule has 1 amide bonds. The number of nitrogens with zero attached hydrogens (tertiary/aromatic N) is 3. The lowest BCUT2D eigenvalue weighted by atomic mass is 10.1. The fraction of sp³-hybridized carbons (Fsp3) is 0.304. The summed E-state index contributed by atoms with van der Waals surface area (Å²) in [7, 11) is 2.16. The average molecular weight is 425 g/mol. The van der Waals surface area contributed by atoms with Crippen LogP contribution in [0.15, 0.2) is 53.9 Å². The number of hydrogen-bond acceptors (Lipinski definition) is 5. The van der Waals surface area contributed by atoms with Gasteiger partial charge in [0, 0.05) is 49.4 Å². The number of aromatic nitrogens is 1. The van der Waals surface area contributed by atoms with Crippen LogP contribution in [-0.4, -0.2) is 53.9 Å². The summed E-state index contributed by atoms with van der Waals surface area (Å²) in [5.41, 5.74) is 3.52. The molecule has 0 radical (unpaired) electrons. The molecule has 2 aromatic carbocycles. The van der Waals surface area contributed by atoms with Gasteiger partial charge in [-0.2, -0.15) is 0 Å². The minimum absolute atomic E-state index is 0.161. The first-order valence-corrected chi connectivity index (χ1v) is 10.9. The molecule has 1 aliphatic heterocycles. The molecule has 1 saturated heterocycles. The van der Waals surface area contributed by atoms with Crippen molar-refractivity contribution in [3.05, 3.63) is 71.0 Å². The van der Waals surface area contributed by atoms with Crippen molar-refractivity contribution in [3.63, 3.8) is 0 Å². The summed E-state index contributed by atoms with van der Waals surface area (Å²) < 4.78 is 13.3. The van der Waals surface area contributed by atoms with E-state index in [1.807, 2.05) is 5.38 Å². The molecule has 4 rings (SSSR count). The van der Waals surface area contributed by atoms with Crippen molar-refractivity contribution in [3.8, 4) is 10.6 Å². The molecule has 3 aromatic rings. The second-order valence-electron chi connectivity index (χ2n) is 7.66. The van der Waals surface area contributed by atoms with Gasteiger partial charge in [-0.3, -0.25) is 9.69 Å². The highest BCUT2D eigenvalue weighted by Crippen LogP contribution is 2.25. The average Bonchev–Trinajstić information content (AvgIpc) is 3.18. The molecule has 1 N–H and O–H groups in total. The summed E-state index contributed by atoms with van der Waals surface area (Å²) in [4.78, 5) is 21.7. The molecule has 7 heteroatoms. The number of likely N-dealkylation sites (N-methyl/N-ethyl adjacent to an activating group) is 1. The van der Waals surface area contributed by atoms with Crippen LogP contribution in [0.1, 0.15) is 11.3 Å². The van der Waals surface area contributed by atoms with Gasteiger partial charge in [0.2, 0.25) is 5.91 Å². The second-order valence-corrected chi connectivity index (χ2v) is 8.52. The summed E-state index contributed by atoms with van der Waals surface area (Å²) >= 11 is 1.54. The van der Waals surface area contributed by atoms with Gasteiger partial charge in [0.1, 0.15) is 10.8 Å². The molecule has 0 spiro atoms. The topological polar surface area (TPSA) is 48.5 Å². The van der Waals surface area contributed by atoms with Gasteiger partial charge in [-0.1, -0.05) is 24.3 Å². The molecule has 0 bridgehead atoms. The largest absolute Gasteiger partial charge is 0.326 e. The number of carbonyl (C=O) groups is 1. The summed E-state index contributed by atoms with van der Waals surface area (Å²) in [6.45, 7) is 5.32. The number of rotatable bonds is 6. The molecule has 156 valence electrons. The Balaban J connectivity index is 1.38. The molecule has 0 aliphatic carbocycles. The zero-order valence-electron chi connectivity index (χ0n) is 17.0. The molecule has 5 nitrogen and oxygen atoms in total. The minimum atomic E-state index is -0.375. The van der Waals surface area contributed by atoms with Crippen LogP contribution in [-0.2, 0) is 17.8 Å². The molecule has 0 unspecified atom stereocenters. The van der Waals surface area contributed by atoms with E-state index in [1.54, 1.807) is 12.1 Å². The summed E-state index contributed by atoms with van der Waals surface area (Å²) in [5.74, 6) is -0.582. The van der Waals surface area contributed by atoms with Gasteiger partial charge in [0.25, 0.3) is 0 Å². The number of piperazine rings is 1. The molecular formula is C23H25FN4OS. The quantitative estimate of drug-likeness (QED) is 0.653. The van der Waals surface area contributed by atoms with Crippen molar-refractivity contribution >= 4 is 22.9 Å². The Labute approximate surface area is 180 Å². The summed E-state index contributed by atoms with van der Waals surface area (Å²) in [5, 5.41) is 5.53. The fourth-order valence-electron chi connectivity index (χ4n) is 3.52. The van der Waals surface area contributed by atoms with Crippen molar-refractivity contribution in [2.75, 3.05) is 38.5 Å². The Bertz CT molecular complexity index is 1010. The highest BCUT2D eigenvalue weighted by Gasteiger charge is 2.15. The first-order valence-electron chi connectivity index (χ1n) is 10.1. The molecular weight excluding hydrogens is 399 g/mol. The van der Waals surface area contributed by atoms with E-state index in [4.69, 9.17) is 0 Å². The van der Waals surface area contributed by atoms with E-state index in [9.17, 15) is 9.18 Å². The van der Waals surface area contributed by atoms with Gasteiger partial charge in [0.05, 0.1) is 12.1 Å². The van der Waals surface area contributed by atoms with Gasteiger partial charge >= 0.3 is 0 Å². The van der Waals surface area contributed by atoms with Crippen LogP contribution in [0.3, 0.4) is 0 Å². The van der Waals surface area contributed by atoms with Crippen LogP contribution in [0.25, 0.3) is 10.6 Å². The molecule has 1 aromatic heterocycles. The number of thiazole rings is 1. The molecule has 30 heavy (non-hydrogen) atoms. The van der Waals surface area contributed by atoms with Gasteiger partial charge in [-0.15, -0.1) is 11.3 Å². The third-order valence-corrected chi connectivity index (χ3v) is 6.12. The van der Waals surface area contributed by atoms with Crippen LogP contribution < -0.4 is 5.32 Å². The van der Waals surface area contributed by atoms with Crippen molar-refractivity contribution in [2.24, 2.45) is 0 Å². The molecule has 0 saturated carbocycles.